The zero-order chi connectivity index (χ0) is 21.2. The van der Waals surface area contributed by atoms with Crippen molar-refractivity contribution >= 4 is 11.4 Å². The fourth-order valence-electron chi connectivity index (χ4n) is 3.34. The van der Waals surface area contributed by atoms with E-state index >= 15 is 0 Å². The number of hydrogen-bond donors (Lipinski definition) is 1. The smallest absolute Gasteiger partial charge is 0.123 e. The van der Waals surface area contributed by atoms with Crippen molar-refractivity contribution in [1.29, 1.82) is 0 Å². The van der Waals surface area contributed by atoms with E-state index in [2.05, 4.69) is 70.0 Å². The average Bonchev–Trinajstić information content (AvgIpc) is 2.66. The summed E-state index contributed by atoms with van der Waals surface area (Å²) in [6, 6.07) is 21.9. The summed E-state index contributed by atoms with van der Waals surface area (Å²) in [6.07, 6.45) is 0. The van der Waals surface area contributed by atoms with Crippen LogP contribution in [-0.4, -0.2) is 5.11 Å². The molecule has 3 aromatic carbocycles. The molecule has 0 fully saturated rings. The molecule has 1 N–H and O–H groups in total. The number of benzene rings is 3. The number of phenolic OH excluding ortho intramolecular Hbond substituents is 1. The van der Waals surface area contributed by atoms with Crippen molar-refractivity contribution in [3.63, 3.8) is 0 Å². The quantitative estimate of drug-likeness (QED) is 0.454. The van der Waals surface area contributed by atoms with Crippen molar-refractivity contribution in [2.24, 2.45) is 10.2 Å². The minimum atomic E-state index is -0.180. The Hall–Kier alpha value is -2.94. The Balaban J connectivity index is 2.18. The summed E-state index contributed by atoms with van der Waals surface area (Å²) in [5.41, 5.74) is 5.19. The molecule has 3 heteroatoms. The van der Waals surface area contributed by atoms with Crippen LogP contribution in [0.25, 0.3) is 11.1 Å². The van der Waals surface area contributed by atoms with E-state index in [0.29, 0.717) is 5.75 Å². The largest absolute Gasteiger partial charge is 0.507 e. The lowest BCUT2D eigenvalue weighted by molar-refractivity contribution is 0.423. The molecule has 0 radical (unpaired) electrons. The van der Waals surface area contributed by atoms with Crippen LogP contribution in [0.4, 0.5) is 11.4 Å². The van der Waals surface area contributed by atoms with Crippen LogP contribution in [0.1, 0.15) is 52.7 Å². The Kier molecular flexibility index (Phi) is 5.61. The minimum Gasteiger partial charge on any atom is -0.507 e. The van der Waals surface area contributed by atoms with Gasteiger partial charge in [0.25, 0.3) is 0 Å². The fourth-order valence-corrected chi connectivity index (χ4v) is 3.34. The third-order valence-corrected chi connectivity index (χ3v) is 4.97. The van der Waals surface area contributed by atoms with E-state index in [1.54, 1.807) is 0 Å². The second kappa shape index (κ2) is 7.82. The number of azo groups is 1. The Morgan fingerprint density at radius 2 is 1.17 bits per heavy atom. The number of rotatable bonds is 3. The Morgan fingerprint density at radius 1 is 0.655 bits per heavy atom. The first kappa shape index (κ1) is 20.8. The number of aromatic hydroxyl groups is 1. The first-order valence-electron chi connectivity index (χ1n) is 10.0. The minimum absolute atomic E-state index is 0.180. The molecule has 0 heterocycles. The van der Waals surface area contributed by atoms with Crippen LogP contribution in [-0.2, 0) is 10.8 Å². The van der Waals surface area contributed by atoms with Crippen molar-refractivity contribution in [3.05, 3.63) is 77.9 Å². The van der Waals surface area contributed by atoms with Gasteiger partial charge in [-0.3, -0.25) is 0 Å². The van der Waals surface area contributed by atoms with E-state index < -0.39 is 0 Å². The van der Waals surface area contributed by atoms with Gasteiger partial charge in [-0.1, -0.05) is 77.9 Å². The Labute approximate surface area is 174 Å². The van der Waals surface area contributed by atoms with Crippen molar-refractivity contribution in [1.82, 2.24) is 0 Å². The average molecular weight is 387 g/mol. The van der Waals surface area contributed by atoms with Crippen molar-refractivity contribution in [2.45, 2.75) is 52.4 Å². The van der Waals surface area contributed by atoms with E-state index in [1.165, 1.54) is 0 Å². The van der Waals surface area contributed by atoms with Crippen LogP contribution < -0.4 is 0 Å². The van der Waals surface area contributed by atoms with Gasteiger partial charge in [-0.2, -0.15) is 5.11 Å². The molecule has 0 amide bonds. The summed E-state index contributed by atoms with van der Waals surface area (Å²) in [6.45, 7) is 12.7. The van der Waals surface area contributed by atoms with Gasteiger partial charge in [-0.25, -0.2) is 0 Å². The molecule has 0 spiro atoms. The highest BCUT2D eigenvalue weighted by atomic mass is 16.3. The monoisotopic (exact) mass is 386 g/mol. The molecule has 3 rings (SSSR count). The molecule has 0 aliphatic heterocycles. The molecule has 0 aliphatic carbocycles. The van der Waals surface area contributed by atoms with Crippen LogP contribution >= 0.6 is 0 Å². The summed E-state index contributed by atoms with van der Waals surface area (Å²) in [7, 11) is 0. The van der Waals surface area contributed by atoms with E-state index in [4.69, 9.17) is 0 Å². The molecular weight excluding hydrogens is 356 g/mol. The number of nitrogens with zero attached hydrogens (tertiary/aromatic N) is 2. The highest BCUT2D eigenvalue weighted by molar-refractivity contribution is 5.78. The van der Waals surface area contributed by atoms with Crippen molar-refractivity contribution in [2.75, 3.05) is 0 Å². The SMILES string of the molecule is CC(C)(C)c1cc(-c2ccccc2N=Nc2ccccc2)cc(C(C)(C)C)c1O. The zero-order valence-electron chi connectivity index (χ0n) is 18.2. The van der Waals surface area contributed by atoms with Gasteiger partial charge >= 0.3 is 0 Å². The lowest BCUT2D eigenvalue weighted by atomic mass is 9.77. The molecule has 29 heavy (non-hydrogen) atoms. The lowest BCUT2D eigenvalue weighted by Gasteiger charge is -2.28. The summed E-state index contributed by atoms with van der Waals surface area (Å²) in [5.74, 6) is 0.386. The topological polar surface area (TPSA) is 45.0 Å². The van der Waals surface area contributed by atoms with Gasteiger partial charge in [0.2, 0.25) is 0 Å². The summed E-state index contributed by atoms with van der Waals surface area (Å²) >= 11 is 0. The maximum atomic E-state index is 11.0. The molecule has 3 aromatic rings. The molecule has 0 aromatic heterocycles. The Morgan fingerprint density at radius 3 is 1.72 bits per heavy atom. The fraction of sp³-hybridized carbons (Fsp3) is 0.308. The molecule has 0 saturated heterocycles. The molecule has 0 bridgehead atoms. The highest BCUT2D eigenvalue weighted by Crippen LogP contribution is 2.43. The standard InChI is InChI=1S/C26H30N2O/c1-25(2,3)21-16-18(17-22(24(21)29)26(4,5)6)20-14-10-11-15-23(20)28-27-19-12-8-7-9-13-19/h7-17,29H,1-6H3. The number of phenols is 1. The van der Waals surface area contributed by atoms with Crippen molar-refractivity contribution in [3.8, 4) is 16.9 Å². The second-order valence-electron chi connectivity index (χ2n) is 9.47. The normalized spacial score (nSPS) is 12.5. The maximum Gasteiger partial charge on any atom is 0.123 e. The van der Waals surface area contributed by atoms with Crippen LogP contribution in [0.3, 0.4) is 0 Å². The van der Waals surface area contributed by atoms with Gasteiger partial charge in [0.1, 0.15) is 5.75 Å². The van der Waals surface area contributed by atoms with Crippen LogP contribution in [0.5, 0.6) is 5.75 Å². The van der Waals surface area contributed by atoms with Gasteiger partial charge in [0, 0.05) is 16.7 Å². The predicted molar refractivity (Wildman–Crippen MR) is 122 cm³/mol. The van der Waals surface area contributed by atoms with Gasteiger partial charge in [-0.05, 0) is 46.7 Å². The third kappa shape index (κ3) is 4.73. The molecular formula is C26H30N2O. The zero-order valence-corrected chi connectivity index (χ0v) is 18.2. The van der Waals surface area contributed by atoms with Crippen LogP contribution in [0.2, 0.25) is 0 Å². The van der Waals surface area contributed by atoms with Gasteiger partial charge in [-0.15, -0.1) is 5.11 Å². The summed E-state index contributed by atoms with van der Waals surface area (Å²) in [5, 5.41) is 19.9. The van der Waals surface area contributed by atoms with Gasteiger partial charge in [0.15, 0.2) is 0 Å². The first-order valence-corrected chi connectivity index (χ1v) is 10.0. The van der Waals surface area contributed by atoms with E-state index in [0.717, 1.165) is 33.6 Å². The third-order valence-electron chi connectivity index (χ3n) is 4.97. The molecule has 150 valence electrons. The molecule has 0 atom stereocenters. The summed E-state index contributed by atoms with van der Waals surface area (Å²) in [4.78, 5) is 0. The molecule has 0 aliphatic rings. The van der Waals surface area contributed by atoms with Gasteiger partial charge < -0.3 is 5.11 Å². The Bertz CT molecular complexity index is 988. The highest BCUT2D eigenvalue weighted by Gasteiger charge is 2.27. The lowest BCUT2D eigenvalue weighted by Crippen LogP contribution is -2.17. The van der Waals surface area contributed by atoms with Gasteiger partial charge in [0.05, 0.1) is 11.4 Å². The number of hydrogen-bond acceptors (Lipinski definition) is 3. The van der Waals surface area contributed by atoms with E-state index in [1.807, 2.05) is 48.5 Å². The predicted octanol–water partition coefficient (Wildman–Crippen LogP) is 8.07. The van der Waals surface area contributed by atoms with E-state index in [-0.39, 0.29) is 10.8 Å². The van der Waals surface area contributed by atoms with E-state index in [9.17, 15) is 5.11 Å². The summed E-state index contributed by atoms with van der Waals surface area (Å²) < 4.78 is 0. The maximum absolute atomic E-state index is 11.0. The molecule has 3 nitrogen and oxygen atoms in total. The first-order chi connectivity index (χ1) is 13.6. The molecule has 0 saturated carbocycles. The van der Waals surface area contributed by atoms with Crippen molar-refractivity contribution < 1.29 is 5.11 Å². The van der Waals surface area contributed by atoms with Crippen LogP contribution in [0.15, 0.2) is 77.0 Å². The molecule has 0 unspecified atom stereocenters. The van der Waals surface area contributed by atoms with Crippen LogP contribution in [0, 0.1) is 0 Å². The second-order valence-corrected chi connectivity index (χ2v) is 9.47.